The summed E-state index contributed by atoms with van der Waals surface area (Å²) < 4.78 is 6.79. The van der Waals surface area contributed by atoms with E-state index in [2.05, 4.69) is 170 Å². The van der Waals surface area contributed by atoms with Crippen LogP contribution < -0.4 is 0 Å². The molecule has 0 fully saturated rings. The number of benzene rings is 10. The second-order valence-corrected chi connectivity index (χ2v) is 15.3. The summed E-state index contributed by atoms with van der Waals surface area (Å²) in [6.45, 7) is 0. The molecule has 0 radical (unpaired) electrons. The Hall–Kier alpha value is -7.88. The van der Waals surface area contributed by atoms with Crippen molar-refractivity contribution in [2.45, 2.75) is 0 Å². The second kappa shape index (κ2) is 13.4. The zero-order valence-electron chi connectivity index (χ0n) is 31.9. The van der Waals surface area contributed by atoms with E-state index in [0.717, 1.165) is 77.5 Å². The molecule has 3 nitrogen and oxygen atoms in total. The lowest BCUT2D eigenvalue weighted by molar-refractivity contribution is 0.673. The van der Waals surface area contributed by atoms with Crippen molar-refractivity contribution in [3.05, 3.63) is 206 Å². The molecule has 0 bridgehead atoms. The normalized spacial score (nSPS) is 11.7. The van der Waals surface area contributed by atoms with E-state index in [4.69, 9.17) is 14.4 Å². The number of hydrogen-bond donors (Lipinski definition) is 0. The van der Waals surface area contributed by atoms with Crippen LogP contribution in [0, 0.1) is 0 Å². The van der Waals surface area contributed by atoms with Crippen molar-refractivity contribution in [3.8, 4) is 56.2 Å². The fourth-order valence-electron chi connectivity index (χ4n) is 8.99. The minimum Gasteiger partial charge on any atom is -0.455 e. The maximum Gasteiger partial charge on any atom is 0.160 e. The Labute approximate surface area is 340 Å². The lowest BCUT2D eigenvalue weighted by atomic mass is 9.92. The number of aromatic nitrogens is 2. The van der Waals surface area contributed by atoms with Crippen LogP contribution in [0.5, 0.6) is 0 Å². The van der Waals surface area contributed by atoms with Gasteiger partial charge in [0, 0.05) is 32.8 Å². The number of hydrogen-bond acceptors (Lipinski definition) is 3. The molecule has 12 aromatic rings. The standard InChI is InChI=1S/C56H34N2O/c1-3-13-36(14-4-1)52-34-53(58-56(57-52)38-15-5-2-6-16-38)37-25-23-35(24-26-37)49-33-51-47-30-28-40(32-54(47)59-55(51)48-22-12-11-21-45(48)49)39-27-29-46-43-19-8-7-17-41(43)42-18-9-10-20-44(42)50(46)31-39/h1-34H. The first kappa shape index (κ1) is 33.3. The first-order valence-corrected chi connectivity index (χ1v) is 20.1. The van der Waals surface area contributed by atoms with Gasteiger partial charge in [-0.05, 0) is 90.3 Å². The van der Waals surface area contributed by atoms with E-state index in [1.54, 1.807) is 0 Å². The summed E-state index contributed by atoms with van der Waals surface area (Å²) >= 11 is 0. The number of fused-ring (bicyclic) bond motifs is 11. The predicted molar refractivity (Wildman–Crippen MR) is 247 cm³/mol. The van der Waals surface area contributed by atoms with Crippen LogP contribution >= 0.6 is 0 Å². The third-order valence-corrected chi connectivity index (χ3v) is 11.9. The highest BCUT2D eigenvalue weighted by Crippen LogP contribution is 2.42. The molecule has 0 spiro atoms. The van der Waals surface area contributed by atoms with E-state index in [-0.39, 0.29) is 0 Å². The zero-order valence-corrected chi connectivity index (χ0v) is 31.9. The smallest absolute Gasteiger partial charge is 0.160 e. The Morgan fingerprint density at radius 2 is 0.729 bits per heavy atom. The average molecular weight is 751 g/mol. The third-order valence-electron chi connectivity index (χ3n) is 11.9. The van der Waals surface area contributed by atoms with Gasteiger partial charge in [-0.2, -0.15) is 0 Å². The second-order valence-electron chi connectivity index (χ2n) is 15.3. The lowest BCUT2D eigenvalue weighted by Crippen LogP contribution is -1.95. The van der Waals surface area contributed by atoms with Crippen LogP contribution in [-0.4, -0.2) is 9.97 Å². The molecule has 0 aliphatic rings. The number of furan rings is 1. The van der Waals surface area contributed by atoms with Gasteiger partial charge in [0.15, 0.2) is 5.82 Å². The fraction of sp³-hybridized carbons (Fsp3) is 0. The maximum atomic E-state index is 6.79. The molecule has 59 heavy (non-hydrogen) atoms. The molecule has 10 aromatic carbocycles. The maximum absolute atomic E-state index is 6.79. The molecule has 0 N–H and O–H groups in total. The highest BCUT2D eigenvalue weighted by molar-refractivity contribution is 6.26. The van der Waals surface area contributed by atoms with Crippen molar-refractivity contribution in [2.24, 2.45) is 0 Å². The van der Waals surface area contributed by atoms with Gasteiger partial charge >= 0.3 is 0 Å². The third kappa shape index (κ3) is 5.51. The summed E-state index contributed by atoms with van der Waals surface area (Å²) in [5, 5.41) is 12.1. The number of rotatable bonds is 5. The van der Waals surface area contributed by atoms with Crippen molar-refractivity contribution in [1.29, 1.82) is 0 Å². The largest absolute Gasteiger partial charge is 0.455 e. The predicted octanol–water partition coefficient (Wildman–Crippen LogP) is 15.3. The van der Waals surface area contributed by atoms with Gasteiger partial charge in [0.25, 0.3) is 0 Å². The van der Waals surface area contributed by atoms with Gasteiger partial charge in [-0.25, -0.2) is 9.97 Å². The Balaban J connectivity index is 0.961. The summed E-state index contributed by atoms with van der Waals surface area (Å²) in [6, 6.07) is 73.3. The molecule has 3 heteroatoms. The SMILES string of the molecule is c1ccc(-c2cc(-c3ccc(-c4cc5c6ccc(-c7ccc8c9ccccc9c9ccccc9c8c7)cc6oc5c5ccccc45)cc3)nc(-c3ccccc3)n2)cc1. The summed E-state index contributed by atoms with van der Waals surface area (Å²) in [7, 11) is 0. The molecule has 0 amide bonds. The van der Waals surface area contributed by atoms with E-state index < -0.39 is 0 Å². The van der Waals surface area contributed by atoms with E-state index in [1.807, 2.05) is 36.4 Å². The minimum atomic E-state index is 0.709. The molecule has 0 saturated heterocycles. The lowest BCUT2D eigenvalue weighted by Gasteiger charge is -2.12. The van der Waals surface area contributed by atoms with Crippen molar-refractivity contribution >= 4 is 65.0 Å². The zero-order chi connectivity index (χ0) is 38.9. The molecule has 2 heterocycles. The van der Waals surface area contributed by atoms with Gasteiger partial charge < -0.3 is 4.42 Å². The first-order valence-electron chi connectivity index (χ1n) is 20.1. The average Bonchev–Trinajstić information content (AvgIpc) is 3.70. The monoisotopic (exact) mass is 750 g/mol. The topological polar surface area (TPSA) is 38.9 Å². The van der Waals surface area contributed by atoms with Crippen LogP contribution in [-0.2, 0) is 0 Å². The van der Waals surface area contributed by atoms with Crippen LogP contribution in [0.4, 0.5) is 0 Å². The summed E-state index contributed by atoms with van der Waals surface area (Å²) in [6.07, 6.45) is 0. The summed E-state index contributed by atoms with van der Waals surface area (Å²) in [5.41, 5.74) is 11.2. The summed E-state index contributed by atoms with van der Waals surface area (Å²) in [5.74, 6) is 0.709. The van der Waals surface area contributed by atoms with Crippen LogP contribution in [0.1, 0.15) is 0 Å². The first-order chi connectivity index (χ1) is 29.2. The van der Waals surface area contributed by atoms with E-state index >= 15 is 0 Å². The van der Waals surface area contributed by atoms with Gasteiger partial charge in [0.2, 0.25) is 0 Å². The molecule has 0 aliphatic heterocycles. The Kier molecular flexibility index (Phi) is 7.54. The molecular formula is C56H34N2O. The van der Waals surface area contributed by atoms with Crippen LogP contribution in [0.2, 0.25) is 0 Å². The molecule has 0 unspecified atom stereocenters. The highest BCUT2D eigenvalue weighted by atomic mass is 16.3. The van der Waals surface area contributed by atoms with E-state index in [0.29, 0.717) is 5.82 Å². The molecule has 12 rings (SSSR count). The van der Waals surface area contributed by atoms with Crippen molar-refractivity contribution in [1.82, 2.24) is 9.97 Å². The van der Waals surface area contributed by atoms with Crippen LogP contribution in [0.15, 0.2) is 211 Å². The van der Waals surface area contributed by atoms with Crippen molar-refractivity contribution in [2.75, 3.05) is 0 Å². The van der Waals surface area contributed by atoms with Crippen LogP contribution in [0.25, 0.3) is 121 Å². The quantitative estimate of drug-likeness (QED) is 0.164. The Bertz CT molecular complexity index is 3500. The van der Waals surface area contributed by atoms with Gasteiger partial charge in [-0.1, -0.05) is 176 Å². The van der Waals surface area contributed by atoms with Crippen molar-refractivity contribution < 1.29 is 4.42 Å². The van der Waals surface area contributed by atoms with Crippen LogP contribution in [0.3, 0.4) is 0 Å². The molecule has 0 saturated carbocycles. The van der Waals surface area contributed by atoms with Gasteiger partial charge in [0.1, 0.15) is 11.2 Å². The Morgan fingerprint density at radius 1 is 0.271 bits per heavy atom. The highest BCUT2D eigenvalue weighted by Gasteiger charge is 2.17. The molecule has 2 aromatic heterocycles. The minimum absolute atomic E-state index is 0.709. The Morgan fingerprint density at radius 3 is 1.37 bits per heavy atom. The molecule has 0 aliphatic carbocycles. The van der Waals surface area contributed by atoms with Crippen molar-refractivity contribution in [3.63, 3.8) is 0 Å². The van der Waals surface area contributed by atoms with Gasteiger partial charge in [0.05, 0.1) is 11.4 Å². The van der Waals surface area contributed by atoms with E-state index in [1.165, 1.54) is 37.9 Å². The van der Waals surface area contributed by atoms with E-state index in [9.17, 15) is 0 Å². The molecule has 274 valence electrons. The fourth-order valence-corrected chi connectivity index (χ4v) is 8.99. The summed E-state index contributed by atoms with van der Waals surface area (Å²) in [4.78, 5) is 10.0. The van der Waals surface area contributed by atoms with Gasteiger partial charge in [-0.3, -0.25) is 0 Å². The molecular weight excluding hydrogens is 717 g/mol. The molecule has 0 atom stereocenters. The number of nitrogens with zero attached hydrogens (tertiary/aromatic N) is 2. The van der Waals surface area contributed by atoms with Gasteiger partial charge in [-0.15, -0.1) is 0 Å².